The molecule has 1 aliphatic heterocycles. The molecule has 1 aromatic carbocycles. The molecule has 0 spiro atoms. The number of ether oxygens (including phenoxy) is 1. The number of hydrogen-bond acceptors (Lipinski definition) is 6. The van der Waals surface area contributed by atoms with E-state index in [0.29, 0.717) is 48.5 Å². The summed E-state index contributed by atoms with van der Waals surface area (Å²) in [5.41, 5.74) is 1.22. The molecule has 0 unspecified atom stereocenters. The number of nitrogens with zero attached hydrogens (tertiary/aromatic N) is 3. The number of nitrogens with one attached hydrogen (secondary N) is 1. The normalized spacial score (nSPS) is 15.2. The van der Waals surface area contributed by atoms with Gasteiger partial charge in [0.15, 0.2) is 5.52 Å². The van der Waals surface area contributed by atoms with E-state index in [4.69, 9.17) is 14.4 Å². The number of H-pyrrole nitrogens is 1. The molecular weight excluding hydrogens is 352 g/mol. The Morgan fingerprint density at radius 1 is 1.30 bits per heavy atom. The van der Waals surface area contributed by atoms with Gasteiger partial charge in [0.1, 0.15) is 23.3 Å². The van der Waals surface area contributed by atoms with Crippen molar-refractivity contribution in [2.45, 2.75) is 25.9 Å². The Morgan fingerprint density at radius 2 is 2.00 bits per heavy atom. The fourth-order valence-corrected chi connectivity index (χ4v) is 3.28. The van der Waals surface area contributed by atoms with Gasteiger partial charge in [0, 0.05) is 31.5 Å². The van der Waals surface area contributed by atoms with Gasteiger partial charge in [0.2, 0.25) is 0 Å². The molecule has 0 radical (unpaired) electrons. The number of aromatic nitrogens is 3. The average molecular weight is 370 g/mol. The van der Waals surface area contributed by atoms with Crippen LogP contribution < -0.4 is 10.3 Å². The van der Waals surface area contributed by atoms with Gasteiger partial charge in [-0.15, -0.1) is 0 Å². The molecule has 2 N–H and O–H groups in total. The Labute approximate surface area is 153 Å². The number of benzene rings is 1. The third kappa shape index (κ3) is 3.23. The number of piperidine rings is 1. The molecule has 3 heterocycles. The van der Waals surface area contributed by atoms with Crippen molar-refractivity contribution in [2.75, 3.05) is 13.1 Å². The fraction of sp³-hybridized carbons (Fsp3) is 0.333. The molecule has 0 aliphatic carbocycles. The average Bonchev–Trinajstić information content (AvgIpc) is 3.06. The fourth-order valence-electron chi connectivity index (χ4n) is 3.28. The van der Waals surface area contributed by atoms with Gasteiger partial charge in [-0.3, -0.25) is 4.79 Å². The third-order valence-electron chi connectivity index (χ3n) is 4.73. The standard InChI is InChI=1S/C18H18N4O5/c1-10-14-15(19-20-17(23)16(14)21-27-10)11-2-4-12(5-3-11)26-13-6-8-22(9-7-13)18(24)25/h2-5,13H,6-9H2,1H3,(H,20,23)(H,24,25). The summed E-state index contributed by atoms with van der Waals surface area (Å²) in [7, 11) is 0. The van der Waals surface area contributed by atoms with Crippen LogP contribution in [0.3, 0.4) is 0 Å². The maximum absolute atomic E-state index is 11.8. The van der Waals surface area contributed by atoms with Crippen molar-refractivity contribution in [2.24, 2.45) is 0 Å². The molecule has 27 heavy (non-hydrogen) atoms. The monoisotopic (exact) mass is 370 g/mol. The molecule has 4 rings (SSSR count). The predicted octanol–water partition coefficient (Wildman–Crippen LogP) is 2.41. The van der Waals surface area contributed by atoms with Gasteiger partial charge in [-0.05, 0) is 31.2 Å². The molecule has 3 aromatic rings. The molecular formula is C18H18N4O5. The topological polar surface area (TPSA) is 122 Å². The van der Waals surface area contributed by atoms with Gasteiger partial charge in [-0.25, -0.2) is 9.89 Å². The van der Waals surface area contributed by atoms with Gasteiger partial charge < -0.3 is 19.3 Å². The Kier molecular flexibility index (Phi) is 4.27. The summed E-state index contributed by atoms with van der Waals surface area (Å²) < 4.78 is 11.1. The molecule has 0 saturated carbocycles. The maximum Gasteiger partial charge on any atom is 0.407 e. The molecule has 1 amide bonds. The van der Waals surface area contributed by atoms with Crippen LogP contribution in [0.2, 0.25) is 0 Å². The van der Waals surface area contributed by atoms with Crippen LogP contribution in [0.5, 0.6) is 5.75 Å². The molecule has 0 atom stereocenters. The molecule has 9 heteroatoms. The Bertz CT molecular complexity index is 1030. The van der Waals surface area contributed by atoms with Crippen LogP contribution in [-0.2, 0) is 0 Å². The highest BCUT2D eigenvalue weighted by atomic mass is 16.5. The minimum absolute atomic E-state index is 0.00956. The van der Waals surface area contributed by atoms with E-state index in [1.54, 1.807) is 6.92 Å². The Hall–Kier alpha value is -3.36. The van der Waals surface area contributed by atoms with E-state index in [1.165, 1.54) is 4.90 Å². The number of likely N-dealkylation sites (tertiary alicyclic amines) is 1. The summed E-state index contributed by atoms with van der Waals surface area (Å²) in [5, 5.41) is 20.0. The van der Waals surface area contributed by atoms with Crippen molar-refractivity contribution < 1.29 is 19.2 Å². The minimum atomic E-state index is -0.887. The van der Waals surface area contributed by atoms with Crippen molar-refractivity contribution in [3.8, 4) is 17.0 Å². The predicted molar refractivity (Wildman–Crippen MR) is 95.8 cm³/mol. The molecule has 0 bridgehead atoms. The lowest BCUT2D eigenvalue weighted by Gasteiger charge is -2.30. The Balaban J connectivity index is 1.52. The summed E-state index contributed by atoms with van der Waals surface area (Å²) in [6, 6.07) is 7.38. The number of carbonyl (C=O) groups is 1. The number of carboxylic acid groups (broad SMARTS) is 1. The highest BCUT2D eigenvalue weighted by molar-refractivity contribution is 5.92. The van der Waals surface area contributed by atoms with Crippen molar-refractivity contribution in [1.82, 2.24) is 20.3 Å². The van der Waals surface area contributed by atoms with E-state index in [9.17, 15) is 9.59 Å². The number of aryl methyl sites for hydroxylation is 1. The van der Waals surface area contributed by atoms with E-state index in [-0.39, 0.29) is 11.6 Å². The molecule has 1 aliphatic rings. The summed E-state index contributed by atoms with van der Waals surface area (Å²) in [5.74, 6) is 1.24. The largest absolute Gasteiger partial charge is 0.490 e. The van der Waals surface area contributed by atoms with E-state index >= 15 is 0 Å². The van der Waals surface area contributed by atoms with Crippen LogP contribution in [0, 0.1) is 6.92 Å². The number of aromatic amines is 1. The summed E-state index contributed by atoms with van der Waals surface area (Å²) in [4.78, 5) is 24.2. The Morgan fingerprint density at radius 3 is 2.67 bits per heavy atom. The molecule has 1 saturated heterocycles. The van der Waals surface area contributed by atoms with Crippen molar-refractivity contribution in [1.29, 1.82) is 0 Å². The first-order chi connectivity index (χ1) is 13.0. The quantitative estimate of drug-likeness (QED) is 0.726. The molecule has 140 valence electrons. The second-order valence-corrected chi connectivity index (χ2v) is 6.47. The first kappa shape index (κ1) is 17.1. The van der Waals surface area contributed by atoms with Crippen LogP contribution in [0.15, 0.2) is 33.6 Å². The van der Waals surface area contributed by atoms with Crippen LogP contribution in [-0.4, -0.2) is 50.6 Å². The highest BCUT2D eigenvalue weighted by Crippen LogP contribution is 2.28. The van der Waals surface area contributed by atoms with Gasteiger partial charge in [-0.1, -0.05) is 5.16 Å². The van der Waals surface area contributed by atoms with Crippen LogP contribution >= 0.6 is 0 Å². The highest BCUT2D eigenvalue weighted by Gasteiger charge is 2.23. The smallest absolute Gasteiger partial charge is 0.407 e. The zero-order chi connectivity index (χ0) is 19.0. The first-order valence-electron chi connectivity index (χ1n) is 8.62. The zero-order valence-electron chi connectivity index (χ0n) is 14.6. The number of hydrogen-bond donors (Lipinski definition) is 2. The summed E-state index contributed by atoms with van der Waals surface area (Å²) >= 11 is 0. The van der Waals surface area contributed by atoms with E-state index in [2.05, 4.69) is 15.4 Å². The third-order valence-corrected chi connectivity index (χ3v) is 4.73. The van der Waals surface area contributed by atoms with Gasteiger partial charge >= 0.3 is 6.09 Å². The van der Waals surface area contributed by atoms with E-state index in [1.807, 2.05) is 24.3 Å². The van der Waals surface area contributed by atoms with Gasteiger partial charge in [0.05, 0.1) is 5.39 Å². The van der Waals surface area contributed by atoms with Crippen molar-refractivity contribution >= 4 is 17.0 Å². The van der Waals surface area contributed by atoms with E-state index < -0.39 is 11.7 Å². The lowest BCUT2D eigenvalue weighted by molar-refractivity contribution is 0.0895. The van der Waals surface area contributed by atoms with Crippen LogP contribution in [0.1, 0.15) is 18.6 Å². The number of fused-ring (bicyclic) bond motifs is 1. The lowest BCUT2D eigenvalue weighted by atomic mass is 10.1. The van der Waals surface area contributed by atoms with Crippen LogP contribution in [0.4, 0.5) is 4.79 Å². The second-order valence-electron chi connectivity index (χ2n) is 6.47. The SMILES string of the molecule is Cc1onc2c(=O)[nH]nc(-c3ccc(OC4CCN(C(=O)O)CC4)cc3)c12. The summed E-state index contributed by atoms with van der Waals surface area (Å²) in [6.07, 6.45) is 0.428. The lowest BCUT2D eigenvalue weighted by Crippen LogP contribution is -2.41. The molecule has 1 fully saturated rings. The van der Waals surface area contributed by atoms with Crippen molar-refractivity contribution in [3.05, 3.63) is 40.4 Å². The minimum Gasteiger partial charge on any atom is -0.490 e. The van der Waals surface area contributed by atoms with Gasteiger partial charge in [-0.2, -0.15) is 5.10 Å². The maximum atomic E-state index is 11.8. The molecule has 2 aromatic heterocycles. The second kappa shape index (κ2) is 6.75. The van der Waals surface area contributed by atoms with Crippen LogP contribution in [0.25, 0.3) is 22.2 Å². The zero-order valence-corrected chi connectivity index (χ0v) is 14.6. The molecule has 9 nitrogen and oxygen atoms in total. The van der Waals surface area contributed by atoms with Crippen molar-refractivity contribution in [3.63, 3.8) is 0 Å². The number of rotatable bonds is 3. The first-order valence-corrected chi connectivity index (χ1v) is 8.62. The number of amides is 1. The van der Waals surface area contributed by atoms with Gasteiger partial charge in [0.25, 0.3) is 5.56 Å². The van der Waals surface area contributed by atoms with E-state index in [0.717, 1.165) is 5.56 Å². The summed E-state index contributed by atoms with van der Waals surface area (Å²) in [6.45, 7) is 2.69.